The number of hydrogen-bond donors (Lipinski definition) is 1. The van der Waals surface area contributed by atoms with Crippen molar-refractivity contribution < 1.29 is 0 Å². The van der Waals surface area contributed by atoms with Gasteiger partial charge in [-0.2, -0.15) is 5.26 Å². The lowest BCUT2D eigenvalue weighted by atomic mass is 10.3. The number of halogens is 1. The summed E-state index contributed by atoms with van der Waals surface area (Å²) in [7, 11) is 0. The SMILES string of the molecule is N#CCCn1c(=O)c(=O)[nH]c2cc(Cl)ccc21. The van der Waals surface area contributed by atoms with Crippen molar-refractivity contribution in [3.63, 3.8) is 0 Å². The molecule has 6 heteroatoms. The summed E-state index contributed by atoms with van der Waals surface area (Å²) >= 11 is 5.81. The first-order valence-corrected chi connectivity index (χ1v) is 5.30. The van der Waals surface area contributed by atoms with Crippen LogP contribution in [0.5, 0.6) is 0 Å². The van der Waals surface area contributed by atoms with Crippen molar-refractivity contribution in [2.45, 2.75) is 13.0 Å². The molecular weight excluding hydrogens is 242 g/mol. The fourth-order valence-corrected chi connectivity index (χ4v) is 1.81. The normalized spacial score (nSPS) is 10.4. The quantitative estimate of drug-likeness (QED) is 0.814. The molecule has 1 heterocycles. The van der Waals surface area contributed by atoms with Crippen LogP contribution in [0.4, 0.5) is 0 Å². The van der Waals surface area contributed by atoms with E-state index in [4.69, 9.17) is 16.9 Å². The first-order chi connectivity index (χ1) is 8.13. The molecule has 5 nitrogen and oxygen atoms in total. The van der Waals surface area contributed by atoms with Crippen LogP contribution in [0, 0.1) is 11.3 Å². The van der Waals surface area contributed by atoms with E-state index in [0.29, 0.717) is 16.1 Å². The summed E-state index contributed by atoms with van der Waals surface area (Å²) in [6, 6.07) is 6.79. The van der Waals surface area contributed by atoms with Crippen molar-refractivity contribution in [1.82, 2.24) is 9.55 Å². The number of nitriles is 1. The number of hydrogen-bond acceptors (Lipinski definition) is 3. The van der Waals surface area contributed by atoms with E-state index in [2.05, 4.69) is 4.98 Å². The summed E-state index contributed by atoms with van der Waals surface area (Å²) in [5.74, 6) is 0. The van der Waals surface area contributed by atoms with Crippen molar-refractivity contribution in [3.8, 4) is 6.07 Å². The maximum Gasteiger partial charge on any atom is 0.316 e. The minimum absolute atomic E-state index is 0.168. The fraction of sp³-hybridized carbons (Fsp3) is 0.182. The Kier molecular flexibility index (Phi) is 2.98. The summed E-state index contributed by atoms with van der Waals surface area (Å²) in [6.07, 6.45) is 0.168. The van der Waals surface area contributed by atoms with Crippen LogP contribution in [0.3, 0.4) is 0 Å². The molecule has 2 rings (SSSR count). The highest BCUT2D eigenvalue weighted by Gasteiger charge is 2.07. The number of nitrogens with zero attached hydrogens (tertiary/aromatic N) is 2. The Morgan fingerprint density at radius 3 is 2.88 bits per heavy atom. The average molecular weight is 250 g/mol. The predicted octanol–water partition coefficient (Wildman–Crippen LogP) is 1.26. The molecular formula is C11H8ClN3O2. The van der Waals surface area contributed by atoms with Gasteiger partial charge in [0.25, 0.3) is 0 Å². The summed E-state index contributed by atoms with van der Waals surface area (Å²) in [6.45, 7) is 0.192. The molecule has 0 saturated carbocycles. The Morgan fingerprint density at radius 2 is 2.18 bits per heavy atom. The zero-order valence-corrected chi connectivity index (χ0v) is 9.49. The largest absolute Gasteiger partial charge is 0.316 e. The Morgan fingerprint density at radius 1 is 1.41 bits per heavy atom. The molecule has 17 heavy (non-hydrogen) atoms. The van der Waals surface area contributed by atoms with Gasteiger partial charge in [-0.3, -0.25) is 9.59 Å². The van der Waals surface area contributed by atoms with Crippen LogP contribution in [-0.2, 0) is 6.54 Å². The van der Waals surface area contributed by atoms with Crippen molar-refractivity contribution in [3.05, 3.63) is 43.9 Å². The second-order valence-electron chi connectivity index (χ2n) is 3.48. The van der Waals surface area contributed by atoms with E-state index < -0.39 is 11.1 Å². The molecule has 0 aliphatic heterocycles. The molecule has 0 unspecified atom stereocenters. The highest BCUT2D eigenvalue weighted by Crippen LogP contribution is 2.15. The number of aromatic amines is 1. The Balaban J connectivity index is 2.79. The van der Waals surface area contributed by atoms with Gasteiger partial charge >= 0.3 is 11.1 Å². The molecule has 1 aromatic carbocycles. The standard InChI is InChI=1S/C11H8ClN3O2/c12-7-2-3-9-8(6-7)14-10(16)11(17)15(9)5-1-4-13/h2-3,6H,1,5H2,(H,14,16). The monoisotopic (exact) mass is 249 g/mol. The third-order valence-electron chi connectivity index (χ3n) is 2.38. The second kappa shape index (κ2) is 4.44. The molecule has 0 radical (unpaired) electrons. The number of H-pyrrole nitrogens is 1. The topological polar surface area (TPSA) is 78.7 Å². The Labute approximate surface area is 101 Å². The molecule has 0 spiro atoms. The van der Waals surface area contributed by atoms with Crippen LogP contribution in [0.2, 0.25) is 5.02 Å². The minimum Gasteiger partial charge on any atom is -0.316 e. The first-order valence-electron chi connectivity index (χ1n) is 4.93. The van der Waals surface area contributed by atoms with E-state index in [-0.39, 0.29) is 13.0 Å². The van der Waals surface area contributed by atoms with E-state index in [9.17, 15) is 9.59 Å². The van der Waals surface area contributed by atoms with Gasteiger partial charge in [-0.05, 0) is 18.2 Å². The predicted molar refractivity (Wildman–Crippen MR) is 64.1 cm³/mol. The Hall–Kier alpha value is -2.06. The molecule has 86 valence electrons. The summed E-state index contributed by atoms with van der Waals surface area (Å²) in [5, 5.41) is 9.00. The average Bonchev–Trinajstić information content (AvgIpc) is 2.30. The van der Waals surface area contributed by atoms with E-state index in [0.717, 1.165) is 0 Å². The van der Waals surface area contributed by atoms with E-state index >= 15 is 0 Å². The molecule has 0 bridgehead atoms. The molecule has 1 N–H and O–H groups in total. The maximum absolute atomic E-state index is 11.7. The molecule has 0 saturated heterocycles. The lowest BCUT2D eigenvalue weighted by Gasteiger charge is -2.07. The van der Waals surface area contributed by atoms with Gasteiger partial charge in [0.05, 0.1) is 23.5 Å². The van der Waals surface area contributed by atoms with Gasteiger partial charge in [0.2, 0.25) is 0 Å². The zero-order valence-electron chi connectivity index (χ0n) is 8.74. The molecule has 1 aromatic heterocycles. The lowest BCUT2D eigenvalue weighted by molar-refractivity contribution is 0.702. The second-order valence-corrected chi connectivity index (χ2v) is 3.92. The van der Waals surface area contributed by atoms with Crippen LogP contribution in [-0.4, -0.2) is 9.55 Å². The van der Waals surface area contributed by atoms with Gasteiger partial charge in [0, 0.05) is 11.6 Å². The van der Waals surface area contributed by atoms with Gasteiger partial charge in [0.1, 0.15) is 0 Å². The highest BCUT2D eigenvalue weighted by molar-refractivity contribution is 6.31. The summed E-state index contributed by atoms with van der Waals surface area (Å²) in [5.41, 5.74) is -0.318. The van der Waals surface area contributed by atoms with Crippen molar-refractivity contribution in [1.29, 1.82) is 5.26 Å². The van der Waals surface area contributed by atoms with Crippen LogP contribution in [0.1, 0.15) is 6.42 Å². The molecule has 0 amide bonds. The van der Waals surface area contributed by atoms with Gasteiger partial charge in [0.15, 0.2) is 0 Å². The summed E-state index contributed by atoms with van der Waals surface area (Å²) in [4.78, 5) is 25.5. The van der Waals surface area contributed by atoms with Gasteiger partial charge in [-0.15, -0.1) is 0 Å². The first kappa shape index (κ1) is 11.4. The molecule has 0 atom stereocenters. The number of benzene rings is 1. The molecule has 0 aliphatic rings. The number of fused-ring (bicyclic) bond motifs is 1. The maximum atomic E-state index is 11.7. The lowest BCUT2D eigenvalue weighted by Crippen LogP contribution is -2.36. The summed E-state index contributed by atoms with van der Waals surface area (Å²) < 4.78 is 1.29. The zero-order chi connectivity index (χ0) is 12.4. The number of aryl methyl sites for hydroxylation is 1. The number of rotatable bonds is 2. The van der Waals surface area contributed by atoms with Gasteiger partial charge in [-0.1, -0.05) is 11.6 Å². The third kappa shape index (κ3) is 2.08. The smallest absolute Gasteiger partial charge is 0.316 e. The highest BCUT2D eigenvalue weighted by atomic mass is 35.5. The Bertz CT molecular complexity index is 724. The van der Waals surface area contributed by atoms with E-state index in [1.165, 1.54) is 4.57 Å². The third-order valence-corrected chi connectivity index (χ3v) is 2.62. The van der Waals surface area contributed by atoms with Crippen LogP contribution >= 0.6 is 11.6 Å². The van der Waals surface area contributed by atoms with Crippen LogP contribution in [0.15, 0.2) is 27.8 Å². The van der Waals surface area contributed by atoms with Gasteiger partial charge in [-0.25, -0.2) is 0 Å². The van der Waals surface area contributed by atoms with Crippen molar-refractivity contribution in [2.24, 2.45) is 0 Å². The molecule has 2 aromatic rings. The van der Waals surface area contributed by atoms with Crippen LogP contribution < -0.4 is 11.1 Å². The minimum atomic E-state index is -0.710. The number of aromatic nitrogens is 2. The van der Waals surface area contributed by atoms with Crippen LogP contribution in [0.25, 0.3) is 11.0 Å². The van der Waals surface area contributed by atoms with E-state index in [1.807, 2.05) is 6.07 Å². The van der Waals surface area contributed by atoms with Gasteiger partial charge < -0.3 is 9.55 Å². The molecule has 0 fully saturated rings. The number of nitrogens with one attached hydrogen (secondary N) is 1. The fourth-order valence-electron chi connectivity index (χ4n) is 1.64. The van der Waals surface area contributed by atoms with E-state index in [1.54, 1.807) is 18.2 Å². The van der Waals surface area contributed by atoms with Crippen molar-refractivity contribution in [2.75, 3.05) is 0 Å². The molecule has 0 aliphatic carbocycles. The van der Waals surface area contributed by atoms with Crippen molar-refractivity contribution >= 4 is 22.6 Å².